The summed E-state index contributed by atoms with van der Waals surface area (Å²) in [5.74, 6) is 1.28. The van der Waals surface area contributed by atoms with Crippen molar-refractivity contribution in [1.82, 2.24) is 25.1 Å². The van der Waals surface area contributed by atoms with Gasteiger partial charge in [0.25, 0.3) is 0 Å². The molecule has 0 bridgehead atoms. The van der Waals surface area contributed by atoms with Crippen LogP contribution in [-0.2, 0) is 6.54 Å². The van der Waals surface area contributed by atoms with E-state index >= 15 is 0 Å². The zero-order chi connectivity index (χ0) is 14.8. The molecular formula is C16H14N6. The minimum absolute atomic E-state index is 0.577. The van der Waals surface area contributed by atoms with Crippen LogP contribution in [0, 0.1) is 0 Å². The minimum atomic E-state index is 0.577. The van der Waals surface area contributed by atoms with Gasteiger partial charge in [-0.05, 0) is 41.3 Å². The summed E-state index contributed by atoms with van der Waals surface area (Å²) < 4.78 is 0. The lowest BCUT2D eigenvalue weighted by Crippen LogP contribution is -2.00. The normalized spacial score (nSPS) is 10.9. The van der Waals surface area contributed by atoms with E-state index in [4.69, 9.17) is 0 Å². The first-order chi connectivity index (χ1) is 10.9. The molecule has 4 rings (SSSR count). The lowest BCUT2D eigenvalue weighted by molar-refractivity contribution is 1.05. The first kappa shape index (κ1) is 12.6. The fraction of sp³-hybridized carbons (Fsp3) is 0.0625. The number of hydrogen-bond acceptors (Lipinski definition) is 4. The first-order valence-electron chi connectivity index (χ1n) is 7.01. The number of hydrogen-bond donors (Lipinski definition) is 3. The van der Waals surface area contributed by atoms with Crippen LogP contribution in [0.3, 0.4) is 0 Å². The molecule has 0 aliphatic rings. The van der Waals surface area contributed by atoms with Crippen molar-refractivity contribution >= 4 is 16.9 Å². The third-order valence-corrected chi connectivity index (χ3v) is 3.49. The van der Waals surface area contributed by atoms with Gasteiger partial charge in [0.1, 0.15) is 0 Å². The van der Waals surface area contributed by atoms with E-state index in [0.717, 1.165) is 11.1 Å². The lowest BCUT2D eigenvalue weighted by Gasteiger charge is -2.02. The number of pyridine rings is 1. The highest BCUT2D eigenvalue weighted by molar-refractivity contribution is 5.79. The van der Waals surface area contributed by atoms with Crippen LogP contribution in [0.1, 0.15) is 5.56 Å². The van der Waals surface area contributed by atoms with Crippen LogP contribution < -0.4 is 5.32 Å². The van der Waals surface area contributed by atoms with Gasteiger partial charge < -0.3 is 10.3 Å². The molecular weight excluding hydrogens is 276 g/mol. The maximum absolute atomic E-state index is 4.42. The van der Waals surface area contributed by atoms with Crippen LogP contribution in [0.25, 0.3) is 22.3 Å². The molecule has 3 heterocycles. The summed E-state index contributed by atoms with van der Waals surface area (Å²) in [4.78, 5) is 11.7. The molecule has 108 valence electrons. The molecule has 0 saturated carbocycles. The number of aromatic amines is 2. The summed E-state index contributed by atoms with van der Waals surface area (Å²) in [6.45, 7) is 0.672. The summed E-state index contributed by atoms with van der Waals surface area (Å²) >= 11 is 0. The number of benzene rings is 1. The van der Waals surface area contributed by atoms with Crippen molar-refractivity contribution < 1.29 is 0 Å². The van der Waals surface area contributed by atoms with Crippen molar-refractivity contribution in [2.75, 3.05) is 5.32 Å². The summed E-state index contributed by atoms with van der Waals surface area (Å²) in [5.41, 5.74) is 3.23. The number of rotatable bonds is 4. The molecule has 6 nitrogen and oxygen atoms in total. The second-order valence-electron chi connectivity index (χ2n) is 5.00. The Morgan fingerprint density at radius 2 is 2.14 bits per heavy atom. The van der Waals surface area contributed by atoms with E-state index in [1.165, 1.54) is 10.9 Å². The topological polar surface area (TPSA) is 82.3 Å². The smallest absolute Gasteiger partial charge is 0.242 e. The first-order valence-corrected chi connectivity index (χ1v) is 7.01. The second kappa shape index (κ2) is 5.33. The summed E-state index contributed by atoms with van der Waals surface area (Å²) in [6, 6.07) is 12.2. The van der Waals surface area contributed by atoms with Gasteiger partial charge in [0.15, 0.2) is 5.82 Å². The average Bonchev–Trinajstić information content (AvgIpc) is 3.22. The maximum atomic E-state index is 4.42. The highest BCUT2D eigenvalue weighted by Crippen LogP contribution is 2.16. The average molecular weight is 290 g/mol. The molecule has 3 aromatic heterocycles. The Balaban J connectivity index is 1.48. The molecule has 1 aromatic carbocycles. The Bertz CT molecular complexity index is 893. The molecule has 0 fully saturated rings. The van der Waals surface area contributed by atoms with Gasteiger partial charge in [0, 0.05) is 36.2 Å². The van der Waals surface area contributed by atoms with Gasteiger partial charge in [-0.2, -0.15) is 4.98 Å². The Kier molecular flexibility index (Phi) is 3.05. The summed E-state index contributed by atoms with van der Waals surface area (Å²) in [6.07, 6.45) is 5.43. The van der Waals surface area contributed by atoms with Gasteiger partial charge in [-0.15, -0.1) is 5.10 Å². The van der Waals surface area contributed by atoms with Crippen LogP contribution in [0.4, 0.5) is 5.95 Å². The predicted molar refractivity (Wildman–Crippen MR) is 85.2 cm³/mol. The van der Waals surface area contributed by atoms with Crippen molar-refractivity contribution in [3.8, 4) is 11.4 Å². The number of anilines is 1. The Hall–Kier alpha value is -3.15. The predicted octanol–water partition coefficient (Wildman–Crippen LogP) is 2.96. The van der Waals surface area contributed by atoms with Gasteiger partial charge in [-0.3, -0.25) is 10.1 Å². The monoisotopic (exact) mass is 290 g/mol. The SMILES string of the molecule is c1cncc(-c2nc(NCc3ccc4[nH]ccc4c3)n[nH]2)c1. The molecule has 6 heteroatoms. The molecule has 0 aliphatic heterocycles. The molecule has 0 atom stereocenters. The molecule has 22 heavy (non-hydrogen) atoms. The number of nitrogens with zero attached hydrogens (tertiary/aromatic N) is 3. The number of H-pyrrole nitrogens is 2. The quantitative estimate of drug-likeness (QED) is 0.539. The van der Waals surface area contributed by atoms with Crippen LogP contribution in [-0.4, -0.2) is 25.1 Å². The van der Waals surface area contributed by atoms with Crippen molar-refractivity contribution in [2.45, 2.75) is 6.54 Å². The van der Waals surface area contributed by atoms with Gasteiger partial charge in [0.05, 0.1) is 0 Å². The molecule has 0 radical (unpaired) electrons. The molecule has 0 aliphatic carbocycles. The lowest BCUT2D eigenvalue weighted by atomic mass is 10.1. The third-order valence-electron chi connectivity index (χ3n) is 3.49. The number of aromatic nitrogens is 5. The molecule has 0 amide bonds. The zero-order valence-electron chi connectivity index (χ0n) is 11.7. The van der Waals surface area contributed by atoms with Gasteiger partial charge >= 0.3 is 0 Å². The number of nitrogens with one attached hydrogen (secondary N) is 3. The maximum Gasteiger partial charge on any atom is 0.242 e. The van der Waals surface area contributed by atoms with E-state index in [1.54, 1.807) is 12.4 Å². The van der Waals surface area contributed by atoms with Gasteiger partial charge in [-0.1, -0.05) is 6.07 Å². The molecule has 0 saturated heterocycles. The fourth-order valence-electron chi connectivity index (χ4n) is 2.37. The van der Waals surface area contributed by atoms with Crippen molar-refractivity contribution in [2.24, 2.45) is 0 Å². The second-order valence-corrected chi connectivity index (χ2v) is 5.00. The highest BCUT2D eigenvalue weighted by Gasteiger charge is 2.05. The van der Waals surface area contributed by atoms with Crippen molar-refractivity contribution in [3.63, 3.8) is 0 Å². The molecule has 0 unspecified atom stereocenters. The van der Waals surface area contributed by atoms with Crippen molar-refractivity contribution in [3.05, 3.63) is 60.6 Å². The van der Waals surface area contributed by atoms with E-state index in [2.05, 4.69) is 54.7 Å². The molecule has 4 aromatic rings. The molecule has 3 N–H and O–H groups in total. The van der Waals surface area contributed by atoms with Crippen LogP contribution >= 0.6 is 0 Å². The van der Waals surface area contributed by atoms with E-state index < -0.39 is 0 Å². The van der Waals surface area contributed by atoms with Crippen LogP contribution in [0.5, 0.6) is 0 Å². The van der Waals surface area contributed by atoms with Gasteiger partial charge in [0.2, 0.25) is 5.95 Å². The molecule has 0 spiro atoms. The summed E-state index contributed by atoms with van der Waals surface area (Å²) in [5, 5.41) is 11.5. The van der Waals surface area contributed by atoms with Crippen LogP contribution in [0.15, 0.2) is 55.0 Å². The largest absolute Gasteiger partial charge is 0.361 e. The Labute approximate surface area is 126 Å². The van der Waals surface area contributed by atoms with E-state index in [-0.39, 0.29) is 0 Å². The fourth-order valence-corrected chi connectivity index (χ4v) is 2.37. The zero-order valence-corrected chi connectivity index (χ0v) is 11.7. The minimum Gasteiger partial charge on any atom is -0.361 e. The highest BCUT2D eigenvalue weighted by atomic mass is 15.3. The summed E-state index contributed by atoms with van der Waals surface area (Å²) in [7, 11) is 0. The standard InChI is InChI=1S/C16H14N6/c1-2-13(10-17-6-1)15-20-16(22-21-15)19-9-11-3-4-14-12(8-11)5-7-18-14/h1-8,10,18H,9H2,(H2,19,20,21,22). The Morgan fingerprint density at radius 3 is 3.05 bits per heavy atom. The van der Waals surface area contributed by atoms with E-state index in [0.29, 0.717) is 18.3 Å². The van der Waals surface area contributed by atoms with Crippen LogP contribution in [0.2, 0.25) is 0 Å². The Morgan fingerprint density at radius 1 is 1.14 bits per heavy atom. The van der Waals surface area contributed by atoms with Crippen molar-refractivity contribution in [1.29, 1.82) is 0 Å². The third kappa shape index (κ3) is 2.42. The van der Waals surface area contributed by atoms with E-state index in [9.17, 15) is 0 Å². The van der Waals surface area contributed by atoms with Gasteiger partial charge in [-0.25, -0.2) is 0 Å². The van der Waals surface area contributed by atoms with E-state index in [1.807, 2.05) is 18.3 Å². The number of fused-ring (bicyclic) bond motifs is 1.